The van der Waals surface area contributed by atoms with Crippen molar-refractivity contribution in [3.63, 3.8) is 0 Å². The van der Waals surface area contributed by atoms with Crippen molar-refractivity contribution in [2.45, 2.75) is 80.1 Å². The van der Waals surface area contributed by atoms with Crippen molar-refractivity contribution in [3.8, 4) is 0 Å². The molecule has 0 saturated heterocycles. The monoisotopic (exact) mass is 405 g/mol. The molecule has 164 valence electrons. The van der Waals surface area contributed by atoms with Crippen LogP contribution in [0.25, 0.3) is 5.57 Å². The highest BCUT2D eigenvalue weighted by Gasteiger charge is 2.15. The van der Waals surface area contributed by atoms with E-state index in [4.69, 9.17) is 5.73 Å². The third kappa shape index (κ3) is 8.22. The second kappa shape index (κ2) is 11.8. The summed E-state index contributed by atoms with van der Waals surface area (Å²) in [4.78, 5) is 0. The van der Waals surface area contributed by atoms with Gasteiger partial charge in [-0.05, 0) is 84.6 Å². The Kier molecular flexibility index (Phi) is 10.1. The van der Waals surface area contributed by atoms with Crippen molar-refractivity contribution in [2.75, 3.05) is 0 Å². The zero-order valence-electron chi connectivity index (χ0n) is 20.4. The van der Waals surface area contributed by atoms with Crippen molar-refractivity contribution in [3.05, 3.63) is 89.2 Å². The minimum Gasteiger partial charge on any atom is -0.405 e. The van der Waals surface area contributed by atoms with E-state index in [-0.39, 0.29) is 5.41 Å². The molecule has 1 nitrogen and oxygen atoms in total. The van der Waals surface area contributed by atoms with Gasteiger partial charge in [0.15, 0.2) is 0 Å². The minimum atomic E-state index is 0.115. The molecule has 1 rings (SSSR count). The molecule has 0 aliphatic heterocycles. The van der Waals surface area contributed by atoms with Crippen molar-refractivity contribution in [1.82, 2.24) is 0 Å². The van der Waals surface area contributed by atoms with E-state index in [1.807, 2.05) is 6.08 Å². The van der Waals surface area contributed by atoms with Crippen LogP contribution in [-0.2, 0) is 0 Å². The largest absolute Gasteiger partial charge is 0.405 e. The maximum Gasteiger partial charge on any atom is -0.00563 e. The Morgan fingerprint density at radius 3 is 2.40 bits per heavy atom. The Hall–Kier alpha value is -2.28. The number of aryl methyl sites for hydroxylation is 1. The van der Waals surface area contributed by atoms with Gasteiger partial charge in [-0.1, -0.05) is 95.7 Å². The van der Waals surface area contributed by atoms with Gasteiger partial charge in [0.1, 0.15) is 0 Å². The molecule has 2 N–H and O–H groups in total. The fourth-order valence-electron chi connectivity index (χ4n) is 3.67. The van der Waals surface area contributed by atoms with Gasteiger partial charge in [-0.3, -0.25) is 0 Å². The number of hydrogen-bond donors (Lipinski definition) is 1. The molecule has 1 aromatic rings. The smallest absolute Gasteiger partial charge is 0.00563 e. The predicted molar refractivity (Wildman–Crippen MR) is 137 cm³/mol. The van der Waals surface area contributed by atoms with Crippen molar-refractivity contribution in [2.24, 2.45) is 11.1 Å². The number of hydrogen-bond acceptors (Lipinski definition) is 1. The highest BCUT2D eigenvalue weighted by Crippen LogP contribution is 2.31. The van der Waals surface area contributed by atoms with E-state index < -0.39 is 0 Å². The van der Waals surface area contributed by atoms with E-state index in [1.165, 1.54) is 33.4 Å². The number of benzene rings is 1. The molecule has 1 heteroatoms. The van der Waals surface area contributed by atoms with Crippen LogP contribution in [0.3, 0.4) is 0 Å². The molecule has 1 atom stereocenters. The summed E-state index contributed by atoms with van der Waals surface area (Å²) in [6.07, 6.45) is 12.3. The van der Waals surface area contributed by atoms with Crippen molar-refractivity contribution < 1.29 is 0 Å². The maximum atomic E-state index is 5.72. The van der Waals surface area contributed by atoms with Gasteiger partial charge < -0.3 is 5.73 Å². The molecular formula is C29H43N. The number of allylic oxidation sites excluding steroid dienone is 7. The second-order valence-corrected chi connectivity index (χ2v) is 9.67. The molecule has 0 fully saturated rings. The molecule has 1 aromatic carbocycles. The van der Waals surface area contributed by atoms with E-state index in [0.717, 1.165) is 31.3 Å². The summed E-state index contributed by atoms with van der Waals surface area (Å²) in [5, 5.41) is 0. The molecule has 30 heavy (non-hydrogen) atoms. The van der Waals surface area contributed by atoms with Crippen LogP contribution in [0, 0.1) is 12.3 Å². The van der Waals surface area contributed by atoms with E-state index in [2.05, 4.69) is 92.0 Å². The molecular weight excluding hydrogens is 362 g/mol. The molecule has 1 unspecified atom stereocenters. The topological polar surface area (TPSA) is 26.0 Å². The van der Waals surface area contributed by atoms with Crippen LogP contribution in [0.1, 0.15) is 89.8 Å². The second-order valence-electron chi connectivity index (χ2n) is 9.67. The first kappa shape index (κ1) is 25.8. The van der Waals surface area contributed by atoms with Gasteiger partial charge in [0.05, 0.1) is 0 Å². The van der Waals surface area contributed by atoms with Gasteiger partial charge in [-0.25, -0.2) is 0 Å². The van der Waals surface area contributed by atoms with Crippen LogP contribution in [0.2, 0.25) is 0 Å². The average molecular weight is 406 g/mol. The van der Waals surface area contributed by atoms with Gasteiger partial charge in [0, 0.05) is 0 Å². The highest BCUT2D eigenvalue weighted by molar-refractivity contribution is 5.74. The molecule has 0 aliphatic carbocycles. The molecule has 0 aromatic heterocycles. The van der Waals surface area contributed by atoms with Gasteiger partial charge in [0.2, 0.25) is 0 Å². The number of rotatable bonds is 10. The Balaban J connectivity index is 3.03. The minimum absolute atomic E-state index is 0.115. The normalized spacial score (nSPS) is 14.2. The third-order valence-electron chi connectivity index (χ3n) is 5.64. The average Bonchev–Trinajstić information content (AvgIpc) is 2.64. The number of nitrogens with two attached hydrogens (primary N) is 1. The summed E-state index contributed by atoms with van der Waals surface area (Å²) in [7, 11) is 0. The van der Waals surface area contributed by atoms with Gasteiger partial charge in [-0.2, -0.15) is 0 Å². The van der Waals surface area contributed by atoms with Gasteiger partial charge >= 0.3 is 0 Å². The Bertz CT molecular complexity index is 824. The first-order valence-electron chi connectivity index (χ1n) is 11.2. The molecule has 0 heterocycles. The first-order chi connectivity index (χ1) is 14.0. The van der Waals surface area contributed by atoms with Crippen LogP contribution in [-0.4, -0.2) is 0 Å². The zero-order chi connectivity index (χ0) is 22.9. The van der Waals surface area contributed by atoms with Crippen LogP contribution < -0.4 is 5.73 Å². The molecule has 0 aliphatic rings. The van der Waals surface area contributed by atoms with Crippen LogP contribution in [0.4, 0.5) is 0 Å². The van der Waals surface area contributed by atoms with E-state index >= 15 is 0 Å². The van der Waals surface area contributed by atoms with Gasteiger partial charge in [0.25, 0.3) is 0 Å². The van der Waals surface area contributed by atoms with Crippen LogP contribution in [0.15, 0.2) is 72.5 Å². The fraction of sp³-hybridized carbons (Fsp3) is 0.448. The summed E-state index contributed by atoms with van der Waals surface area (Å²) < 4.78 is 0. The lowest BCUT2D eigenvalue weighted by Crippen LogP contribution is -2.07. The quantitative estimate of drug-likeness (QED) is 0.306. The maximum absolute atomic E-state index is 5.72. The summed E-state index contributed by atoms with van der Waals surface area (Å²) in [5.41, 5.74) is 14.8. The lowest BCUT2D eigenvalue weighted by Gasteiger charge is -2.21. The van der Waals surface area contributed by atoms with E-state index in [0.29, 0.717) is 5.92 Å². The Morgan fingerprint density at radius 1 is 1.20 bits per heavy atom. The zero-order valence-corrected chi connectivity index (χ0v) is 20.4. The molecule has 0 radical (unpaired) electrons. The van der Waals surface area contributed by atoms with E-state index in [9.17, 15) is 0 Å². The fourth-order valence-corrected chi connectivity index (χ4v) is 3.67. The summed E-state index contributed by atoms with van der Waals surface area (Å²) in [6, 6.07) is 6.79. The summed E-state index contributed by atoms with van der Waals surface area (Å²) in [6.45, 7) is 24.0. The Labute approximate surface area is 186 Å². The standard InChI is InChI=1S/C29H43N/c1-10-11-21(2)12-13-26(16-17-30)27-14-15-28(24(5)20-27)23(4)18-22(3)19-25(6)29(7,8)9/h13-17,19-20,23H,2,6,10-12,18,30H2,1,3-5,7-9H3/b17-16-,22-19-,26-13+. The Morgan fingerprint density at radius 2 is 1.87 bits per heavy atom. The summed E-state index contributed by atoms with van der Waals surface area (Å²) >= 11 is 0. The predicted octanol–water partition coefficient (Wildman–Crippen LogP) is 8.64. The first-order valence-corrected chi connectivity index (χ1v) is 11.2. The molecule has 0 spiro atoms. The van der Waals surface area contributed by atoms with E-state index in [1.54, 1.807) is 6.20 Å². The molecule has 0 amide bonds. The molecule has 0 saturated carbocycles. The molecule has 0 bridgehead atoms. The lowest BCUT2D eigenvalue weighted by molar-refractivity contribution is 0.517. The van der Waals surface area contributed by atoms with Crippen LogP contribution in [0.5, 0.6) is 0 Å². The SMILES string of the molecule is C=C(C/C=C(\C=C/N)c1ccc(C(C)C/C(C)=C\C(=C)C(C)(C)C)c(C)c1)CCC. The summed E-state index contributed by atoms with van der Waals surface area (Å²) in [5.74, 6) is 0.463. The van der Waals surface area contributed by atoms with Crippen LogP contribution >= 0.6 is 0 Å². The van der Waals surface area contributed by atoms with Gasteiger partial charge in [-0.15, -0.1) is 0 Å². The lowest BCUT2D eigenvalue weighted by atomic mass is 9.84. The van der Waals surface area contributed by atoms with Crippen molar-refractivity contribution >= 4 is 5.57 Å². The third-order valence-corrected chi connectivity index (χ3v) is 5.64. The highest BCUT2D eigenvalue weighted by atomic mass is 14.5. The van der Waals surface area contributed by atoms with Crippen molar-refractivity contribution in [1.29, 1.82) is 0 Å².